The molecule has 0 fully saturated rings. The molecule has 1 aromatic carbocycles. The molecule has 1 aliphatic rings. The molecule has 4 rings (SSSR count). The highest BCUT2D eigenvalue weighted by atomic mass is 32.1. The molecule has 7 heteroatoms. The first-order valence-corrected chi connectivity index (χ1v) is 9.39. The van der Waals surface area contributed by atoms with Crippen LogP contribution in [0.1, 0.15) is 40.5 Å². The summed E-state index contributed by atoms with van der Waals surface area (Å²) in [5.74, 6) is -0.853. The number of nitrogens with zero attached hydrogens (tertiary/aromatic N) is 3. The number of aryl methyl sites for hydroxylation is 2. The van der Waals surface area contributed by atoms with Gasteiger partial charge >= 0.3 is 5.97 Å². The Kier molecular flexibility index (Phi) is 3.84. The molecule has 2 aromatic heterocycles. The third-order valence-corrected chi connectivity index (χ3v) is 6.09. The van der Waals surface area contributed by atoms with Crippen LogP contribution in [0.15, 0.2) is 18.2 Å². The van der Waals surface area contributed by atoms with Gasteiger partial charge in [-0.15, -0.1) is 0 Å². The lowest BCUT2D eigenvalue weighted by molar-refractivity contribution is -0.116. The smallest absolute Gasteiger partial charge is 0.347 e. The van der Waals surface area contributed by atoms with Crippen molar-refractivity contribution in [3.05, 3.63) is 40.0 Å². The number of carbonyl (C=O) groups is 2. The molecule has 0 radical (unpaired) electrons. The van der Waals surface area contributed by atoms with Gasteiger partial charge in [0.2, 0.25) is 5.91 Å². The largest absolute Gasteiger partial charge is 0.477 e. The van der Waals surface area contributed by atoms with Crippen LogP contribution in [-0.2, 0) is 17.6 Å². The molecule has 1 aliphatic heterocycles. The number of hydrogen-bond donors (Lipinski definition) is 1. The summed E-state index contributed by atoms with van der Waals surface area (Å²) in [5.41, 5.74) is 5.77. The minimum absolute atomic E-state index is 0.0603. The second-order valence-electron chi connectivity index (χ2n) is 6.46. The van der Waals surface area contributed by atoms with E-state index in [1.54, 1.807) is 11.8 Å². The summed E-state index contributed by atoms with van der Waals surface area (Å²) in [5, 5.41) is 9.35. The summed E-state index contributed by atoms with van der Waals surface area (Å²) >= 11 is 1.21. The summed E-state index contributed by atoms with van der Waals surface area (Å²) in [4.78, 5) is 30.7. The quantitative estimate of drug-likeness (QED) is 0.766. The van der Waals surface area contributed by atoms with Gasteiger partial charge < -0.3 is 10.0 Å². The summed E-state index contributed by atoms with van der Waals surface area (Å²) in [6.07, 6.45) is 1.60. The highest BCUT2D eigenvalue weighted by Crippen LogP contribution is 2.35. The van der Waals surface area contributed by atoms with Gasteiger partial charge in [0.15, 0.2) is 4.96 Å². The summed E-state index contributed by atoms with van der Waals surface area (Å²) in [6.45, 7) is 6.18. The van der Waals surface area contributed by atoms with Gasteiger partial charge in [-0.1, -0.05) is 24.3 Å². The van der Waals surface area contributed by atoms with E-state index < -0.39 is 5.97 Å². The maximum absolute atomic E-state index is 11.7. The SMILES string of the molecule is CCc1c(-c2ccc3c(c2)CCN3C(C)=O)nc2sc(C(=O)O)c(C)n12. The van der Waals surface area contributed by atoms with Crippen LogP contribution in [0.25, 0.3) is 16.2 Å². The average molecular weight is 369 g/mol. The Bertz CT molecular complexity index is 1060. The Morgan fingerprint density at radius 1 is 1.35 bits per heavy atom. The molecule has 0 aliphatic carbocycles. The first-order valence-electron chi connectivity index (χ1n) is 8.57. The molecular weight excluding hydrogens is 350 g/mol. The van der Waals surface area contributed by atoms with Crippen molar-refractivity contribution in [3.63, 3.8) is 0 Å². The molecule has 0 unspecified atom stereocenters. The number of carboxylic acid groups (broad SMARTS) is 1. The molecule has 0 saturated heterocycles. The van der Waals surface area contributed by atoms with Crippen LogP contribution in [-0.4, -0.2) is 32.9 Å². The average Bonchev–Trinajstić information content (AvgIpc) is 3.26. The molecule has 0 atom stereocenters. The van der Waals surface area contributed by atoms with Crippen molar-refractivity contribution < 1.29 is 14.7 Å². The number of thiazole rings is 1. The monoisotopic (exact) mass is 369 g/mol. The topological polar surface area (TPSA) is 74.9 Å². The Balaban J connectivity index is 1.85. The number of rotatable bonds is 3. The number of aromatic carboxylic acids is 1. The van der Waals surface area contributed by atoms with E-state index in [1.165, 1.54) is 11.3 Å². The number of fused-ring (bicyclic) bond motifs is 2. The lowest BCUT2D eigenvalue weighted by Crippen LogP contribution is -2.25. The molecule has 0 spiro atoms. The second kappa shape index (κ2) is 5.95. The van der Waals surface area contributed by atoms with Crippen molar-refractivity contribution in [3.8, 4) is 11.3 Å². The zero-order valence-electron chi connectivity index (χ0n) is 14.9. The molecule has 0 bridgehead atoms. The van der Waals surface area contributed by atoms with Crippen LogP contribution in [0, 0.1) is 6.92 Å². The summed E-state index contributed by atoms with van der Waals surface area (Å²) < 4.78 is 1.96. The highest BCUT2D eigenvalue weighted by molar-refractivity contribution is 7.19. The maximum atomic E-state index is 11.7. The zero-order valence-corrected chi connectivity index (χ0v) is 15.7. The predicted octanol–water partition coefficient (Wildman–Crippen LogP) is 3.54. The molecule has 6 nitrogen and oxygen atoms in total. The van der Waals surface area contributed by atoms with Crippen molar-refractivity contribution in [2.24, 2.45) is 0 Å². The standard InChI is InChI=1S/C19H19N3O3S/c1-4-14-16(20-19-22(14)10(2)17(26-19)18(24)25)13-5-6-15-12(9-13)7-8-21(15)11(3)23/h5-6,9H,4,7-8H2,1-3H3,(H,24,25). The lowest BCUT2D eigenvalue weighted by atomic mass is 10.0. The van der Waals surface area contributed by atoms with Gasteiger partial charge in [0.1, 0.15) is 4.88 Å². The molecule has 1 amide bonds. The number of imidazole rings is 1. The van der Waals surface area contributed by atoms with Crippen molar-refractivity contribution in [2.45, 2.75) is 33.6 Å². The second-order valence-corrected chi connectivity index (χ2v) is 7.44. The van der Waals surface area contributed by atoms with Crippen molar-refractivity contribution >= 4 is 33.9 Å². The summed E-state index contributed by atoms with van der Waals surface area (Å²) in [6, 6.07) is 6.10. The van der Waals surface area contributed by atoms with Gasteiger partial charge in [-0.3, -0.25) is 9.20 Å². The van der Waals surface area contributed by atoms with Crippen LogP contribution >= 0.6 is 11.3 Å². The fourth-order valence-electron chi connectivity index (χ4n) is 3.74. The van der Waals surface area contributed by atoms with E-state index in [4.69, 9.17) is 4.98 Å². The number of carboxylic acids is 1. The van der Waals surface area contributed by atoms with Gasteiger partial charge in [0.25, 0.3) is 0 Å². The first kappa shape index (κ1) is 16.8. The molecule has 3 heterocycles. The van der Waals surface area contributed by atoms with Gasteiger partial charge in [0.05, 0.1) is 11.4 Å². The molecular formula is C19H19N3O3S. The molecule has 3 aromatic rings. The third-order valence-electron chi connectivity index (χ3n) is 4.96. The van der Waals surface area contributed by atoms with Crippen LogP contribution in [0.5, 0.6) is 0 Å². The first-order chi connectivity index (χ1) is 12.4. The van der Waals surface area contributed by atoms with Crippen LogP contribution < -0.4 is 4.90 Å². The van der Waals surface area contributed by atoms with Crippen LogP contribution in [0.4, 0.5) is 5.69 Å². The number of aromatic nitrogens is 2. The number of hydrogen-bond acceptors (Lipinski definition) is 4. The van der Waals surface area contributed by atoms with E-state index in [2.05, 4.69) is 13.0 Å². The van der Waals surface area contributed by atoms with Gasteiger partial charge in [-0.05, 0) is 37.5 Å². The van der Waals surface area contributed by atoms with Crippen molar-refractivity contribution in [1.29, 1.82) is 0 Å². The van der Waals surface area contributed by atoms with E-state index in [-0.39, 0.29) is 5.91 Å². The van der Waals surface area contributed by atoms with Crippen LogP contribution in [0.3, 0.4) is 0 Å². The van der Waals surface area contributed by atoms with E-state index in [1.807, 2.05) is 23.5 Å². The molecule has 1 N–H and O–H groups in total. The minimum atomic E-state index is -0.913. The van der Waals surface area contributed by atoms with Gasteiger partial charge in [-0.2, -0.15) is 0 Å². The van der Waals surface area contributed by atoms with Crippen molar-refractivity contribution in [1.82, 2.24) is 9.38 Å². The Labute approximate surface area is 154 Å². The van der Waals surface area contributed by atoms with Crippen LogP contribution in [0.2, 0.25) is 0 Å². The summed E-state index contributed by atoms with van der Waals surface area (Å²) in [7, 11) is 0. The number of anilines is 1. The maximum Gasteiger partial charge on any atom is 0.347 e. The number of benzene rings is 1. The van der Waals surface area contributed by atoms with E-state index >= 15 is 0 Å². The van der Waals surface area contributed by atoms with Crippen molar-refractivity contribution in [2.75, 3.05) is 11.4 Å². The van der Waals surface area contributed by atoms with E-state index in [9.17, 15) is 14.7 Å². The Morgan fingerprint density at radius 3 is 2.77 bits per heavy atom. The van der Waals surface area contributed by atoms with E-state index in [0.29, 0.717) is 16.4 Å². The fraction of sp³-hybridized carbons (Fsp3) is 0.316. The van der Waals surface area contributed by atoms with Gasteiger partial charge in [-0.25, -0.2) is 9.78 Å². The Hall–Kier alpha value is -2.67. The minimum Gasteiger partial charge on any atom is -0.477 e. The fourth-order valence-corrected chi connectivity index (χ4v) is 4.73. The highest BCUT2D eigenvalue weighted by Gasteiger charge is 2.25. The normalized spacial score (nSPS) is 13.4. The van der Waals surface area contributed by atoms with Gasteiger partial charge in [0, 0.05) is 30.4 Å². The third kappa shape index (κ3) is 2.34. The molecule has 0 saturated carbocycles. The number of carbonyl (C=O) groups excluding carboxylic acids is 1. The zero-order chi connectivity index (χ0) is 18.6. The van der Waals surface area contributed by atoms with E-state index in [0.717, 1.165) is 46.7 Å². The lowest BCUT2D eigenvalue weighted by Gasteiger charge is -2.14. The number of amides is 1. The Morgan fingerprint density at radius 2 is 2.12 bits per heavy atom. The molecule has 26 heavy (non-hydrogen) atoms. The predicted molar refractivity (Wildman–Crippen MR) is 101 cm³/mol. The molecule has 134 valence electrons.